The molecular weight excluding hydrogens is 414 g/mol. The smallest absolute Gasteiger partial charge is 0.336 e. The maximum Gasteiger partial charge on any atom is 0.336 e. The summed E-state index contributed by atoms with van der Waals surface area (Å²) in [5, 5.41) is 21.9. The van der Waals surface area contributed by atoms with Crippen LogP contribution in [0.4, 0.5) is 0 Å². The lowest BCUT2D eigenvalue weighted by Crippen LogP contribution is -2.35. The zero-order valence-corrected chi connectivity index (χ0v) is 17.9. The number of hydrogen-bond donors (Lipinski definition) is 3. The van der Waals surface area contributed by atoms with E-state index in [1.54, 1.807) is 38.1 Å². The van der Waals surface area contributed by atoms with Crippen LogP contribution >= 0.6 is 11.6 Å². The molecule has 0 amide bonds. The van der Waals surface area contributed by atoms with Crippen LogP contribution in [0.25, 0.3) is 0 Å². The molecule has 0 saturated carbocycles. The first-order valence-electron chi connectivity index (χ1n) is 9.42. The Kier molecular flexibility index (Phi) is 8.86. The van der Waals surface area contributed by atoms with Crippen molar-refractivity contribution in [2.24, 2.45) is 0 Å². The first-order valence-corrected chi connectivity index (χ1v) is 9.80. The van der Waals surface area contributed by atoms with Crippen molar-refractivity contribution in [3.63, 3.8) is 0 Å². The predicted molar refractivity (Wildman–Crippen MR) is 110 cm³/mol. The molecule has 8 nitrogen and oxygen atoms in total. The molecule has 30 heavy (non-hydrogen) atoms. The molecule has 2 rings (SSSR count). The van der Waals surface area contributed by atoms with Crippen LogP contribution in [0.1, 0.15) is 25.3 Å². The molecule has 0 radical (unpaired) electrons. The maximum absolute atomic E-state index is 12.9. The van der Waals surface area contributed by atoms with Gasteiger partial charge in [0.15, 0.2) is 0 Å². The molecule has 2 unspecified atom stereocenters. The van der Waals surface area contributed by atoms with Crippen molar-refractivity contribution >= 4 is 23.5 Å². The van der Waals surface area contributed by atoms with Gasteiger partial charge < -0.3 is 29.7 Å². The third-order valence-corrected chi connectivity index (χ3v) is 4.87. The summed E-state index contributed by atoms with van der Waals surface area (Å²) in [7, 11) is 1.26. The van der Waals surface area contributed by atoms with Gasteiger partial charge in [0, 0.05) is 10.7 Å². The van der Waals surface area contributed by atoms with Crippen molar-refractivity contribution in [2.75, 3.05) is 33.5 Å². The minimum atomic E-state index is -1.05. The minimum absolute atomic E-state index is 0.0854. The molecule has 3 N–H and O–H groups in total. The van der Waals surface area contributed by atoms with Gasteiger partial charge in [-0.25, -0.2) is 9.59 Å². The molecule has 0 fully saturated rings. The summed E-state index contributed by atoms with van der Waals surface area (Å²) in [6.07, 6.45) is -1.05. The second kappa shape index (κ2) is 11.1. The Balaban J connectivity index is 2.61. The van der Waals surface area contributed by atoms with Crippen molar-refractivity contribution < 1.29 is 34.0 Å². The SMILES string of the molecule is CCOC(=O)C1=C(COCC(O)CO)NC(C)=C(C(=O)OC)C1c1ccccc1Cl. The number of rotatable bonds is 9. The molecule has 1 aliphatic rings. The number of aliphatic hydroxyl groups is 2. The molecule has 0 saturated heterocycles. The van der Waals surface area contributed by atoms with Gasteiger partial charge >= 0.3 is 11.9 Å². The average Bonchev–Trinajstić information content (AvgIpc) is 2.73. The topological polar surface area (TPSA) is 114 Å². The zero-order chi connectivity index (χ0) is 22.3. The van der Waals surface area contributed by atoms with Crippen molar-refractivity contribution in [1.29, 1.82) is 0 Å². The first kappa shape index (κ1) is 23.9. The Morgan fingerprint density at radius 1 is 1.23 bits per heavy atom. The van der Waals surface area contributed by atoms with Crippen LogP contribution in [-0.2, 0) is 23.8 Å². The summed E-state index contributed by atoms with van der Waals surface area (Å²) in [6.45, 7) is 2.81. The van der Waals surface area contributed by atoms with Crippen LogP contribution in [0.15, 0.2) is 46.8 Å². The van der Waals surface area contributed by atoms with Crippen LogP contribution in [0.2, 0.25) is 5.02 Å². The highest BCUT2D eigenvalue weighted by Gasteiger charge is 2.39. The molecule has 164 valence electrons. The highest BCUT2D eigenvalue weighted by Crippen LogP contribution is 2.41. The fraction of sp³-hybridized carbons (Fsp3) is 0.429. The monoisotopic (exact) mass is 439 g/mol. The van der Waals surface area contributed by atoms with Crippen LogP contribution < -0.4 is 5.32 Å². The number of methoxy groups -OCH3 is 1. The fourth-order valence-electron chi connectivity index (χ4n) is 3.21. The number of ether oxygens (including phenoxy) is 3. The number of esters is 2. The standard InChI is InChI=1S/C21H26ClNO7/c1-4-30-21(27)19-16(11-29-10-13(25)9-24)23-12(2)17(20(26)28-3)18(19)14-7-5-6-8-15(14)22/h5-8,13,18,23-25H,4,9-11H2,1-3H3. The lowest BCUT2D eigenvalue weighted by Gasteiger charge is -2.31. The molecule has 1 aromatic carbocycles. The zero-order valence-electron chi connectivity index (χ0n) is 17.1. The number of nitrogens with one attached hydrogen (secondary N) is 1. The molecule has 0 bridgehead atoms. The second-order valence-corrected chi connectivity index (χ2v) is 6.98. The third kappa shape index (κ3) is 5.40. The summed E-state index contributed by atoms with van der Waals surface area (Å²) >= 11 is 6.42. The lowest BCUT2D eigenvalue weighted by atomic mass is 9.80. The number of hydrogen-bond acceptors (Lipinski definition) is 8. The molecule has 1 aliphatic heterocycles. The van der Waals surface area contributed by atoms with Crippen molar-refractivity contribution in [3.8, 4) is 0 Å². The van der Waals surface area contributed by atoms with E-state index in [2.05, 4.69) is 5.32 Å². The number of benzene rings is 1. The number of aliphatic hydroxyl groups excluding tert-OH is 2. The number of carbonyl (C=O) groups is 2. The molecule has 2 atom stereocenters. The maximum atomic E-state index is 12.9. The number of halogens is 1. The van der Waals surface area contributed by atoms with E-state index in [9.17, 15) is 14.7 Å². The van der Waals surface area contributed by atoms with Gasteiger partial charge in [0.2, 0.25) is 0 Å². The number of dihydropyridines is 1. The van der Waals surface area contributed by atoms with Gasteiger partial charge in [-0.15, -0.1) is 0 Å². The molecule has 9 heteroatoms. The molecule has 1 heterocycles. The molecule has 0 aromatic heterocycles. The Morgan fingerprint density at radius 2 is 1.93 bits per heavy atom. The fourth-order valence-corrected chi connectivity index (χ4v) is 3.46. The van der Waals surface area contributed by atoms with Gasteiger partial charge in [-0.05, 0) is 25.5 Å². The summed E-state index contributed by atoms with van der Waals surface area (Å²) in [6, 6.07) is 6.89. The number of allylic oxidation sites excluding steroid dienone is 1. The quantitative estimate of drug-likeness (QED) is 0.498. The van der Waals surface area contributed by atoms with Crippen LogP contribution in [0.5, 0.6) is 0 Å². The van der Waals surface area contributed by atoms with Gasteiger partial charge in [-0.1, -0.05) is 29.8 Å². The molecule has 1 aromatic rings. The molecule has 0 aliphatic carbocycles. The lowest BCUT2D eigenvalue weighted by molar-refractivity contribution is -0.139. The van der Waals surface area contributed by atoms with E-state index >= 15 is 0 Å². The largest absolute Gasteiger partial charge is 0.466 e. The van der Waals surface area contributed by atoms with E-state index < -0.39 is 30.6 Å². The van der Waals surface area contributed by atoms with E-state index in [0.717, 1.165) is 0 Å². The van der Waals surface area contributed by atoms with Crippen molar-refractivity contribution in [2.45, 2.75) is 25.9 Å². The Morgan fingerprint density at radius 3 is 2.53 bits per heavy atom. The second-order valence-electron chi connectivity index (χ2n) is 6.57. The van der Waals surface area contributed by atoms with E-state index in [-0.39, 0.29) is 31.0 Å². The number of carbonyl (C=O) groups excluding carboxylic acids is 2. The third-order valence-electron chi connectivity index (χ3n) is 4.53. The summed E-state index contributed by atoms with van der Waals surface area (Å²) in [5.41, 5.74) is 1.77. The van der Waals surface area contributed by atoms with Crippen molar-refractivity contribution in [1.82, 2.24) is 5.32 Å². The molecular formula is C21H26ClNO7. The average molecular weight is 440 g/mol. The van der Waals surface area contributed by atoms with E-state index in [0.29, 0.717) is 22.0 Å². The van der Waals surface area contributed by atoms with Gasteiger partial charge in [0.05, 0.1) is 56.3 Å². The van der Waals surface area contributed by atoms with E-state index in [1.807, 2.05) is 0 Å². The van der Waals surface area contributed by atoms with E-state index in [1.165, 1.54) is 7.11 Å². The van der Waals surface area contributed by atoms with Crippen LogP contribution in [0, 0.1) is 0 Å². The highest BCUT2D eigenvalue weighted by atomic mass is 35.5. The normalized spacial score (nSPS) is 17.5. The van der Waals surface area contributed by atoms with Gasteiger partial charge in [0.1, 0.15) is 6.10 Å². The predicted octanol–water partition coefficient (Wildman–Crippen LogP) is 1.66. The highest BCUT2D eigenvalue weighted by molar-refractivity contribution is 6.31. The van der Waals surface area contributed by atoms with Crippen LogP contribution in [-0.4, -0.2) is 61.8 Å². The van der Waals surface area contributed by atoms with Crippen molar-refractivity contribution in [3.05, 3.63) is 57.4 Å². The Hall–Kier alpha value is -2.39. The Bertz CT molecular complexity index is 850. The molecule has 0 spiro atoms. The summed E-state index contributed by atoms with van der Waals surface area (Å²) in [4.78, 5) is 25.6. The summed E-state index contributed by atoms with van der Waals surface area (Å²) in [5.74, 6) is -2.08. The van der Waals surface area contributed by atoms with Gasteiger partial charge in [-0.3, -0.25) is 0 Å². The van der Waals surface area contributed by atoms with Crippen LogP contribution in [0.3, 0.4) is 0 Å². The minimum Gasteiger partial charge on any atom is -0.466 e. The van der Waals surface area contributed by atoms with E-state index in [4.69, 9.17) is 30.9 Å². The van der Waals surface area contributed by atoms with Gasteiger partial charge in [0.25, 0.3) is 0 Å². The first-order chi connectivity index (χ1) is 14.3. The summed E-state index contributed by atoms with van der Waals surface area (Å²) < 4.78 is 15.7. The van der Waals surface area contributed by atoms with Gasteiger partial charge in [-0.2, -0.15) is 0 Å². The Labute approximate surface area is 180 Å².